The summed E-state index contributed by atoms with van der Waals surface area (Å²) in [6.07, 6.45) is 2.81. The number of para-hydroxylation sites is 1. The van der Waals surface area contributed by atoms with Crippen molar-refractivity contribution in [3.63, 3.8) is 0 Å². The van der Waals surface area contributed by atoms with Crippen molar-refractivity contribution in [2.75, 3.05) is 13.7 Å². The van der Waals surface area contributed by atoms with Gasteiger partial charge in [-0.2, -0.15) is 0 Å². The largest absolute Gasteiger partial charge is 0.496 e. The summed E-state index contributed by atoms with van der Waals surface area (Å²) in [6, 6.07) is 7.91. The third kappa shape index (κ3) is 2.89. The molecule has 0 unspecified atom stereocenters. The molecule has 0 saturated carbocycles. The number of benzene rings is 1. The first-order valence-electron chi connectivity index (χ1n) is 4.66. The van der Waals surface area contributed by atoms with E-state index < -0.39 is 0 Å². The SMILES string of the molecule is COc1ccccc1C/C=C(\C)CO. The number of allylic oxidation sites excluding steroid dienone is 1. The highest BCUT2D eigenvalue weighted by atomic mass is 16.5. The van der Waals surface area contributed by atoms with Crippen LogP contribution in [0.4, 0.5) is 0 Å². The van der Waals surface area contributed by atoms with E-state index in [1.54, 1.807) is 7.11 Å². The van der Waals surface area contributed by atoms with Crippen molar-refractivity contribution in [2.24, 2.45) is 0 Å². The Bertz CT molecular complexity index is 316. The molecule has 1 aromatic rings. The van der Waals surface area contributed by atoms with E-state index in [0.717, 1.165) is 23.3 Å². The van der Waals surface area contributed by atoms with Crippen LogP contribution in [0.2, 0.25) is 0 Å². The fourth-order valence-electron chi connectivity index (χ4n) is 1.22. The average molecular weight is 192 g/mol. The fourth-order valence-corrected chi connectivity index (χ4v) is 1.22. The molecule has 0 aliphatic carbocycles. The van der Waals surface area contributed by atoms with Gasteiger partial charge in [0.15, 0.2) is 0 Å². The van der Waals surface area contributed by atoms with Crippen molar-refractivity contribution in [2.45, 2.75) is 13.3 Å². The molecular formula is C12H16O2. The van der Waals surface area contributed by atoms with Gasteiger partial charge in [-0.1, -0.05) is 29.8 Å². The van der Waals surface area contributed by atoms with E-state index in [9.17, 15) is 0 Å². The minimum atomic E-state index is 0.120. The predicted octanol–water partition coefficient (Wildman–Crippen LogP) is 2.18. The molecule has 0 spiro atoms. The van der Waals surface area contributed by atoms with Crippen molar-refractivity contribution in [1.29, 1.82) is 0 Å². The van der Waals surface area contributed by atoms with Gasteiger partial charge in [-0.05, 0) is 25.0 Å². The summed E-state index contributed by atoms with van der Waals surface area (Å²) in [5.74, 6) is 0.898. The van der Waals surface area contributed by atoms with Crippen LogP contribution in [0.15, 0.2) is 35.9 Å². The van der Waals surface area contributed by atoms with Crippen LogP contribution in [0.25, 0.3) is 0 Å². The zero-order valence-corrected chi connectivity index (χ0v) is 8.66. The van der Waals surface area contributed by atoms with E-state index >= 15 is 0 Å². The molecule has 0 atom stereocenters. The summed E-state index contributed by atoms with van der Waals surface area (Å²) in [5.41, 5.74) is 2.12. The Balaban J connectivity index is 2.76. The zero-order chi connectivity index (χ0) is 10.4. The number of hydrogen-bond donors (Lipinski definition) is 1. The van der Waals surface area contributed by atoms with Crippen LogP contribution in [0.5, 0.6) is 5.75 Å². The van der Waals surface area contributed by atoms with Gasteiger partial charge in [0.2, 0.25) is 0 Å². The van der Waals surface area contributed by atoms with E-state index in [4.69, 9.17) is 9.84 Å². The van der Waals surface area contributed by atoms with Crippen LogP contribution in [-0.2, 0) is 6.42 Å². The van der Waals surface area contributed by atoms with Crippen LogP contribution in [0, 0.1) is 0 Å². The molecule has 0 aliphatic heterocycles. The van der Waals surface area contributed by atoms with Gasteiger partial charge in [-0.3, -0.25) is 0 Å². The average Bonchev–Trinajstić information content (AvgIpc) is 2.26. The Morgan fingerprint density at radius 2 is 2.14 bits per heavy atom. The summed E-state index contributed by atoms with van der Waals surface area (Å²) in [4.78, 5) is 0. The van der Waals surface area contributed by atoms with Gasteiger partial charge in [0.05, 0.1) is 13.7 Å². The predicted molar refractivity (Wildman–Crippen MR) is 57.5 cm³/mol. The maximum atomic E-state index is 8.84. The van der Waals surface area contributed by atoms with Crippen LogP contribution in [-0.4, -0.2) is 18.8 Å². The van der Waals surface area contributed by atoms with Gasteiger partial charge >= 0.3 is 0 Å². The second kappa shape index (κ2) is 5.45. The van der Waals surface area contributed by atoms with E-state index in [0.29, 0.717) is 0 Å². The topological polar surface area (TPSA) is 29.5 Å². The first-order chi connectivity index (χ1) is 6.77. The smallest absolute Gasteiger partial charge is 0.122 e. The molecule has 1 aromatic carbocycles. The fraction of sp³-hybridized carbons (Fsp3) is 0.333. The minimum absolute atomic E-state index is 0.120. The Kier molecular flexibility index (Phi) is 4.20. The minimum Gasteiger partial charge on any atom is -0.496 e. The number of rotatable bonds is 4. The number of ether oxygens (including phenoxy) is 1. The summed E-state index contributed by atoms with van der Waals surface area (Å²) in [7, 11) is 1.67. The number of hydrogen-bond acceptors (Lipinski definition) is 2. The molecule has 2 nitrogen and oxygen atoms in total. The maximum absolute atomic E-state index is 8.84. The standard InChI is InChI=1S/C12H16O2/c1-10(9-13)7-8-11-5-3-4-6-12(11)14-2/h3-7,13H,8-9H2,1-2H3/b10-7+. The molecule has 2 heteroatoms. The highest BCUT2D eigenvalue weighted by Gasteiger charge is 1.98. The third-order valence-corrected chi connectivity index (χ3v) is 2.11. The number of aliphatic hydroxyl groups excluding tert-OH is 1. The number of aliphatic hydroxyl groups is 1. The third-order valence-electron chi connectivity index (χ3n) is 2.11. The second-order valence-electron chi connectivity index (χ2n) is 3.22. The first kappa shape index (κ1) is 10.8. The van der Waals surface area contributed by atoms with E-state index in [-0.39, 0.29) is 6.61 Å². The lowest BCUT2D eigenvalue weighted by Crippen LogP contribution is -1.91. The molecule has 0 radical (unpaired) electrons. The molecule has 1 N–H and O–H groups in total. The molecule has 0 aromatic heterocycles. The van der Waals surface area contributed by atoms with Crippen LogP contribution in [0.3, 0.4) is 0 Å². The van der Waals surface area contributed by atoms with Crippen molar-refractivity contribution in [3.8, 4) is 5.75 Å². The van der Waals surface area contributed by atoms with Gasteiger partial charge in [0, 0.05) is 0 Å². The molecule has 14 heavy (non-hydrogen) atoms. The normalized spacial score (nSPS) is 11.5. The summed E-state index contributed by atoms with van der Waals surface area (Å²) in [6.45, 7) is 2.03. The summed E-state index contributed by atoms with van der Waals surface area (Å²) >= 11 is 0. The van der Waals surface area contributed by atoms with E-state index in [1.165, 1.54) is 0 Å². The second-order valence-corrected chi connectivity index (χ2v) is 3.22. The lowest BCUT2D eigenvalue weighted by atomic mass is 10.1. The quantitative estimate of drug-likeness (QED) is 0.741. The molecule has 0 bridgehead atoms. The van der Waals surface area contributed by atoms with Crippen molar-refractivity contribution in [1.82, 2.24) is 0 Å². The van der Waals surface area contributed by atoms with Crippen molar-refractivity contribution in [3.05, 3.63) is 41.5 Å². The molecule has 0 heterocycles. The van der Waals surface area contributed by atoms with Gasteiger partial charge in [0.1, 0.15) is 5.75 Å². The Labute approximate surface area is 84.8 Å². The van der Waals surface area contributed by atoms with Crippen molar-refractivity contribution < 1.29 is 9.84 Å². The molecule has 1 rings (SSSR count). The highest BCUT2D eigenvalue weighted by molar-refractivity contribution is 5.34. The number of methoxy groups -OCH3 is 1. The summed E-state index contributed by atoms with van der Waals surface area (Å²) < 4.78 is 5.22. The van der Waals surface area contributed by atoms with Crippen LogP contribution < -0.4 is 4.74 Å². The lowest BCUT2D eigenvalue weighted by molar-refractivity contribution is 0.331. The molecule has 76 valence electrons. The van der Waals surface area contributed by atoms with Gasteiger partial charge in [-0.25, -0.2) is 0 Å². The molecular weight excluding hydrogens is 176 g/mol. The monoisotopic (exact) mass is 192 g/mol. The Morgan fingerprint density at radius 3 is 2.79 bits per heavy atom. The molecule has 0 saturated heterocycles. The molecule has 0 amide bonds. The summed E-state index contributed by atoms with van der Waals surface area (Å²) in [5, 5.41) is 8.84. The van der Waals surface area contributed by atoms with E-state index in [1.807, 2.05) is 37.3 Å². The maximum Gasteiger partial charge on any atom is 0.122 e. The highest BCUT2D eigenvalue weighted by Crippen LogP contribution is 2.18. The van der Waals surface area contributed by atoms with Crippen LogP contribution >= 0.6 is 0 Å². The van der Waals surface area contributed by atoms with Gasteiger partial charge in [-0.15, -0.1) is 0 Å². The van der Waals surface area contributed by atoms with E-state index in [2.05, 4.69) is 0 Å². The van der Waals surface area contributed by atoms with Crippen LogP contribution in [0.1, 0.15) is 12.5 Å². The Morgan fingerprint density at radius 1 is 1.43 bits per heavy atom. The Hall–Kier alpha value is -1.28. The zero-order valence-electron chi connectivity index (χ0n) is 8.66. The first-order valence-corrected chi connectivity index (χ1v) is 4.66. The van der Waals surface area contributed by atoms with Gasteiger partial charge < -0.3 is 9.84 Å². The molecule has 0 aliphatic rings. The van der Waals surface area contributed by atoms with Gasteiger partial charge in [0.25, 0.3) is 0 Å². The lowest BCUT2D eigenvalue weighted by Gasteiger charge is -2.05. The van der Waals surface area contributed by atoms with Crippen molar-refractivity contribution >= 4 is 0 Å². The molecule has 0 fully saturated rings.